The predicted molar refractivity (Wildman–Crippen MR) is 97.9 cm³/mol. The Morgan fingerprint density at radius 2 is 2.00 bits per heavy atom. The number of rotatable bonds is 7. The summed E-state index contributed by atoms with van der Waals surface area (Å²) in [6, 6.07) is 9.13. The lowest BCUT2D eigenvalue weighted by molar-refractivity contribution is -0.384. The van der Waals surface area contributed by atoms with Gasteiger partial charge in [0.15, 0.2) is 0 Å². The zero-order chi connectivity index (χ0) is 19.3. The molecule has 8 nitrogen and oxygen atoms in total. The molecule has 2 N–H and O–H groups in total. The molecule has 0 saturated heterocycles. The van der Waals surface area contributed by atoms with Crippen LogP contribution in [0.1, 0.15) is 10.4 Å². The lowest BCUT2D eigenvalue weighted by Crippen LogP contribution is -2.24. The van der Waals surface area contributed by atoms with Gasteiger partial charge in [-0.1, -0.05) is 23.7 Å². The molecule has 2 rings (SSSR count). The van der Waals surface area contributed by atoms with Crippen molar-refractivity contribution in [1.82, 2.24) is 4.72 Å². The van der Waals surface area contributed by atoms with Gasteiger partial charge in [0.25, 0.3) is 11.6 Å². The molecule has 0 aliphatic rings. The van der Waals surface area contributed by atoms with E-state index in [1.165, 1.54) is 42.5 Å². The second-order valence-electron chi connectivity index (χ2n) is 5.05. The maximum Gasteiger partial charge on any atom is 0.271 e. The molecule has 0 spiro atoms. The minimum atomic E-state index is -3.92. The lowest BCUT2D eigenvalue weighted by Gasteiger charge is -2.10. The van der Waals surface area contributed by atoms with Crippen LogP contribution in [0.2, 0.25) is 5.02 Å². The third kappa shape index (κ3) is 4.66. The fraction of sp³-hybridized carbons (Fsp3) is 0.0625. The molecule has 0 saturated carbocycles. The van der Waals surface area contributed by atoms with Crippen LogP contribution in [0.5, 0.6) is 0 Å². The number of nitrogens with one attached hydrogen (secondary N) is 2. The molecule has 1 amide bonds. The molecule has 0 bridgehead atoms. The van der Waals surface area contributed by atoms with Crippen LogP contribution in [-0.4, -0.2) is 25.8 Å². The second kappa shape index (κ2) is 8.09. The summed E-state index contributed by atoms with van der Waals surface area (Å²) >= 11 is 5.93. The fourth-order valence-electron chi connectivity index (χ4n) is 2.00. The van der Waals surface area contributed by atoms with Crippen molar-refractivity contribution in [1.29, 1.82) is 0 Å². The summed E-state index contributed by atoms with van der Waals surface area (Å²) in [6.45, 7) is 3.42. The number of nitrogens with zero attached hydrogens (tertiary/aromatic N) is 1. The van der Waals surface area contributed by atoms with Crippen molar-refractivity contribution in [2.45, 2.75) is 4.90 Å². The Bertz CT molecular complexity index is 976. The van der Waals surface area contributed by atoms with Crippen LogP contribution in [-0.2, 0) is 10.0 Å². The molecule has 0 radical (unpaired) electrons. The summed E-state index contributed by atoms with van der Waals surface area (Å²) in [4.78, 5) is 22.3. The number of benzene rings is 2. The van der Waals surface area contributed by atoms with E-state index >= 15 is 0 Å². The molecule has 26 heavy (non-hydrogen) atoms. The first-order valence-electron chi connectivity index (χ1n) is 7.20. The van der Waals surface area contributed by atoms with Gasteiger partial charge >= 0.3 is 0 Å². The van der Waals surface area contributed by atoms with Gasteiger partial charge < -0.3 is 5.32 Å². The number of halogens is 1. The zero-order valence-corrected chi connectivity index (χ0v) is 14.9. The number of carbonyl (C=O) groups is 1. The normalized spacial score (nSPS) is 11.0. The molecule has 10 heteroatoms. The quantitative estimate of drug-likeness (QED) is 0.424. The molecular weight excluding hydrogens is 382 g/mol. The number of carbonyl (C=O) groups excluding carboxylic acids is 1. The van der Waals surface area contributed by atoms with E-state index in [0.29, 0.717) is 0 Å². The SMILES string of the molecule is C=CCNS(=O)(=O)c1cc(C(=O)Nc2cccc([N+](=O)[O-])c2)ccc1Cl. The molecular formula is C16H14ClN3O5S. The van der Waals surface area contributed by atoms with Gasteiger partial charge in [-0.2, -0.15) is 0 Å². The molecule has 0 atom stereocenters. The van der Waals surface area contributed by atoms with Gasteiger partial charge in [-0.25, -0.2) is 13.1 Å². The number of non-ortho nitro benzene ring substituents is 1. The monoisotopic (exact) mass is 395 g/mol. The Labute approximate surface area is 154 Å². The van der Waals surface area contributed by atoms with E-state index in [9.17, 15) is 23.3 Å². The largest absolute Gasteiger partial charge is 0.322 e. The first-order valence-corrected chi connectivity index (χ1v) is 9.06. The number of hydrogen-bond acceptors (Lipinski definition) is 5. The standard InChI is InChI=1S/C16H14ClN3O5S/c1-2-8-18-26(24,25)15-9-11(6-7-14(15)17)16(21)19-12-4-3-5-13(10-12)20(22)23/h2-7,9-10,18H,1,8H2,(H,19,21). The second-order valence-corrected chi connectivity index (χ2v) is 7.19. The molecule has 2 aromatic carbocycles. The van der Waals surface area contributed by atoms with E-state index in [-0.39, 0.29) is 33.4 Å². The van der Waals surface area contributed by atoms with Gasteiger partial charge in [-0.05, 0) is 24.3 Å². The van der Waals surface area contributed by atoms with Crippen LogP contribution in [0.25, 0.3) is 0 Å². The minimum Gasteiger partial charge on any atom is -0.322 e. The Hall–Kier alpha value is -2.75. The first-order chi connectivity index (χ1) is 12.2. The number of nitro benzene ring substituents is 1. The van der Waals surface area contributed by atoms with E-state index in [0.717, 1.165) is 6.07 Å². The molecule has 136 valence electrons. The van der Waals surface area contributed by atoms with Crippen molar-refractivity contribution in [3.63, 3.8) is 0 Å². The zero-order valence-electron chi connectivity index (χ0n) is 13.3. The van der Waals surface area contributed by atoms with Crippen LogP contribution in [0.3, 0.4) is 0 Å². The van der Waals surface area contributed by atoms with Gasteiger partial charge in [0, 0.05) is 29.9 Å². The highest BCUT2D eigenvalue weighted by atomic mass is 35.5. The van der Waals surface area contributed by atoms with Crippen molar-refractivity contribution in [3.8, 4) is 0 Å². The lowest BCUT2D eigenvalue weighted by atomic mass is 10.2. The molecule has 0 aliphatic heterocycles. The van der Waals surface area contributed by atoms with E-state index < -0.39 is 20.9 Å². The number of amides is 1. The maximum atomic E-state index is 12.3. The third-order valence-electron chi connectivity index (χ3n) is 3.22. The number of nitro groups is 1. The Morgan fingerprint density at radius 1 is 1.27 bits per heavy atom. The van der Waals surface area contributed by atoms with Crippen molar-refractivity contribution >= 4 is 38.9 Å². The summed E-state index contributed by atoms with van der Waals surface area (Å²) < 4.78 is 26.7. The maximum absolute atomic E-state index is 12.3. The van der Waals surface area contributed by atoms with Crippen LogP contribution in [0.15, 0.2) is 60.0 Å². The van der Waals surface area contributed by atoms with E-state index in [1.54, 1.807) is 0 Å². The van der Waals surface area contributed by atoms with Gasteiger partial charge in [0.2, 0.25) is 10.0 Å². The highest BCUT2D eigenvalue weighted by Gasteiger charge is 2.20. The fourth-order valence-corrected chi connectivity index (χ4v) is 3.52. The van der Waals surface area contributed by atoms with Crippen LogP contribution < -0.4 is 10.0 Å². The van der Waals surface area contributed by atoms with Gasteiger partial charge in [0.05, 0.1) is 9.95 Å². The van der Waals surface area contributed by atoms with Gasteiger partial charge in [-0.3, -0.25) is 14.9 Å². The molecule has 0 aliphatic carbocycles. The molecule has 0 aromatic heterocycles. The Morgan fingerprint density at radius 3 is 2.65 bits per heavy atom. The van der Waals surface area contributed by atoms with Crippen LogP contribution in [0, 0.1) is 10.1 Å². The Kier molecular flexibility index (Phi) is 6.09. The van der Waals surface area contributed by atoms with Crippen LogP contribution in [0.4, 0.5) is 11.4 Å². The Balaban J connectivity index is 2.30. The van der Waals surface area contributed by atoms with Crippen LogP contribution >= 0.6 is 11.6 Å². The molecule has 0 fully saturated rings. The number of sulfonamides is 1. The van der Waals surface area contributed by atoms with E-state index in [4.69, 9.17) is 11.6 Å². The smallest absolute Gasteiger partial charge is 0.271 e. The summed E-state index contributed by atoms with van der Waals surface area (Å²) in [7, 11) is -3.92. The molecule has 2 aromatic rings. The highest BCUT2D eigenvalue weighted by molar-refractivity contribution is 7.89. The topological polar surface area (TPSA) is 118 Å². The summed E-state index contributed by atoms with van der Waals surface area (Å²) in [5, 5.41) is 13.2. The van der Waals surface area contributed by atoms with Gasteiger partial charge in [-0.15, -0.1) is 6.58 Å². The number of anilines is 1. The minimum absolute atomic E-state index is 0.00275. The first kappa shape index (κ1) is 19.6. The van der Waals surface area contributed by atoms with Crippen molar-refractivity contribution in [2.24, 2.45) is 0 Å². The summed E-state index contributed by atoms with van der Waals surface area (Å²) in [5.74, 6) is -0.637. The average molecular weight is 396 g/mol. The van der Waals surface area contributed by atoms with Crippen molar-refractivity contribution < 1.29 is 18.1 Å². The molecule has 0 heterocycles. The summed E-state index contributed by atoms with van der Waals surface area (Å²) in [6.07, 6.45) is 1.37. The van der Waals surface area contributed by atoms with E-state index in [2.05, 4.69) is 16.6 Å². The number of hydrogen-bond donors (Lipinski definition) is 2. The molecule has 0 unspecified atom stereocenters. The van der Waals surface area contributed by atoms with Gasteiger partial charge in [0.1, 0.15) is 4.90 Å². The third-order valence-corrected chi connectivity index (χ3v) is 5.12. The summed E-state index contributed by atoms with van der Waals surface area (Å²) in [5.41, 5.74) is 0.0454. The van der Waals surface area contributed by atoms with E-state index in [1.807, 2.05) is 0 Å². The highest BCUT2D eigenvalue weighted by Crippen LogP contribution is 2.24. The van der Waals surface area contributed by atoms with Crippen molar-refractivity contribution in [3.05, 3.63) is 75.8 Å². The average Bonchev–Trinajstić information content (AvgIpc) is 2.60. The predicted octanol–water partition coefficient (Wildman–Crippen LogP) is 2.96. The van der Waals surface area contributed by atoms with Crippen molar-refractivity contribution in [2.75, 3.05) is 11.9 Å².